The lowest BCUT2D eigenvalue weighted by atomic mass is 9.85. The summed E-state index contributed by atoms with van der Waals surface area (Å²) < 4.78 is 25.3. The van der Waals surface area contributed by atoms with Crippen molar-refractivity contribution in [3.63, 3.8) is 0 Å². The van der Waals surface area contributed by atoms with Gasteiger partial charge in [-0.1, -0.05) is 17.7 Å². The summed E-state index contributed by atoms with van der Waals surface area (Å²) >= 11 is 26.9. The van der Waals surface area contributed by atoms with Gasteiger partial charge in [-0.15, -0.1) is 13.0 Å². The van der Waals surface area contributed by atoms with Crippen molar-refractivity contribution in [2.75, 3.05) is 99.9 Å². The fourth-order valence-corrected chi connectivity index (χ4v) is 16.6. The Hall–Kier alpha value is -4.30. The molecule has 0 radical (unpaired) electrons. The first-order valence-electron chi connectivity index (χ1n) is 31.4. The molecule has 0 unspecified atom stereocenters. The highest BCUT2D eigenvalue weighted by molar-refractivity contribution is 9.10. The third-order valence-electron chi connectivity index (χ3n) is 18.3. The number of hydrogen-bond donors (Lipinski definition) is 2. The lowest BCUT2D eigenvalue weighted by Gasteiger charge is -2.30. The Morgan fingerprint density at radius 1 is 0.495 bits per heavy atom. The van der Waals surface area contributed by atoms with Crippen LogP contribution in [0.1, 0.15) is 97.3 Å². The molecule has 9 aromatic rings. The van der Waals surface area contributed by atoms with E-state index in [0.717, 1.165) is 177 Å². The number of benzene rings is 3. The van der Waals surface area contributed by atoms with E-state index in [2.05, 4.69) is 123 Å². The fraction of sp³-hybridized carbons (Fsp3) is 0.391. The van der Waals surface area contributed by atoms with E-state index < -0.39 is 0 Å². The lowest BCUT2D eigenvalue weighted by molar-refractivity contribution is -0.163. The van der Waals surface area contributed by atoms with Gasteiger partial charge in [0.05, 0.1) is 87.9 Å². The molecule has 22 heteroatoms. The van der Waals surface area contributed by atoms with Crippen LogP contribution in [0.4, 0.5) is 0 Å². The third kappa shape index (κ3) is 16.0. The van der Waals surface area contributed by atoms with E-state index in [1.165, 1.54) is 116 Å². The fourth-order valence-electron chi connectivity index (χ4n) is 14.0. The minimum absolute atomic E-state index is 0.416. The largest absolute Gasteiger partial charge is 0.317 e. The Bertz CT molecular complexity index is 4110. The molecular formula is C69H76BrCl3N9O6S3+3. The standard InChI is InChI=1S/C25H29ClN3O2S.C24H28ClN4O2S.C20H19BrClN2O2S/c1-30-31-32-29-13-8-18(9-14-29)24-21-5-4-20(26)16-23(21)22(17-6-11-27-12-7-17)15-19-3-2-10-28-25(19)24;1-30-31-32-29-11-6-17(7-12-29)23-20-5-4-19(25)15-18(20)16-22(28-13-9-26-10-14-28)21-3-2-8-27-24(21)23;1-25-26-27-24-9-6-13(7-10-24)19-16-5-4-15(22)11-14(16)12-18(21)17-3-2-8-23-20(17)19/h2-5,10,15-18,27H,6-9,11-14H2,1H3;2-5,8,15-17,26H,6-7,9-14H2,1H3;2-5,8,11-13H,6-7,9-10H2,1H3/q3*+1. The smallest absolute Gasteiger partial charge is 0.210 e. The van der Waals surface area contributed by atoms with Crippen molar-refractivity contribution in [2.24, 2.45) is 0 Å². The van der Waals surface area contributed by atoms with Crippen LogP contribution in [0.3, 0.4) is 0 Å². The van der Waals surface area contributed by atoms with Gasteiger partial charge in [0.1, 0.15) is 57.8 Å². The molecule has 0 amide bonds. The zero-order valence-electron chi connectivity index (χ0n) is 51.4. The van der Waals surface area contributed by atoms with Crippen LogP contribution in [0.2, 0.25) is 15.1 Å². The molecule has 8 heterocycles. The van der Waals surface area contributed by atoms with Crippen molar-refractivity contribution in [3.05, 3.63) is 175 Å². The van der Waals surface area contributed by atoms with Crippen molar-refractivity contribution in [2.45, 2.75) is 75.0 Å². The van der Waals surface area contributed by atoms with Crippen molar-refractivity contribution >= 4 is 152 Å². The molecule has 14 rings (SSSR count). The van der Waals surface area contributed by atoms with E-state index in [0.29, 0.717) is 23.7 Å². The van der Waals surface area contributed by atoms with E-state index in [-0.39, 0.29) is 0 Å². The molecule has 2 N–H and O–H groups in total. The van der Waals surface area contributed by atoms with Crippen LogP contribution in [0.25, 0.3) is 65.0 Å². The van der Waals surface area contributed by atoms with Gasteiger partial charge in [0, 0.05) is 162 Å². The molecule has 5 aliphatic heterocycles. The van der Waals surface area contributed by atoms with Crippen LogP contribution in [-0.4, -0.2) is 128 Å². The Balaban J connectivity index is 0.000000133. The summed E-state index contributed by atoms with van der Waals surface area (Å²) in [5, 5.41) is 21.4. The zero-order chi connectivity index (χ0) is 62.6. The first kappa shape index (κ1) is 66.7. The van der Waals surface area contributed by atoms with Gasteiger partial charge in [0.15, 0.2) is 13.1 Å². The van der Waals surface area contributed by atoms with Gasteiger partial charge in [-0.25, -0.2) is 42.1 Å². The molecule has 0 atom stereocenters. The van der Waals surface area contributed by atoms with Crippen molar-refractivity contribution in [1.29, 1.82) is 0 Å². The molecule has 0 saturated carbocycles. The SMILES string of the molecule is COOSN1CCC(c2c3ccc(Cl)cc3cc(=[N+]3CCNCC3)c3cccnc23)CC1.COOSN1CCC(c2c3ncccc3c(Br)c[c+]3cc(Cl)ccc23)CC1.COOSN1CCC(c2c3ncccc3cc(C3CCNCC3)[c+]3cc(Cl)ccc23)CC1. The lowest BCUT2D eigenvalue weighted by Crippen LogP contribution is -2.45. The van der Waals surface area contributed by atoms with Gasteiger partial charge < -0.3 is 10.6 Å². The monoisotopic (exact) mass is 1410 g/mol. The van der Waals surface area contributed by atoms with Crippen LogP contribution in [0, 0.1) is 0 Å². The second-order valence-electron chi connectivity index (χ2n) is 23.6. The summed E-state index contributed by atoms with van der Waals surface area (Å²) in [5.74, 6) is 1.80. The van der Waals surface area contributed by atoms with E-state index in [1.807, 2.05) is 48.9 Å². The Labute approximate surface area is 568 Å². The average molecular weight is 1410 g/mol. The Morgan fingerprint density at radius 2 is 1.00 bits per heavy atom. The molecule has 15 nitrogen and oxygen atoms in total. The van der Waals surface area contributed by atoms with Crippen molar-refractivity contribution in [3.8, 4) is 0 Å². The molecule has 3 aromatic heterocycles. The minimum atomic E-state index is 0.416. The van der Waals surface area contributed by atoms with Crippen molar-refractivity contribution in [1.82, 2.24) is 43.1 Å². The van der Waals surface area contributed by atoms with Gasteiger partial charge >= 0.3 is 0 Å². The van der Waals surface area contributed by atoms with Gasteiger partial charge in [-0.3, -0.25) is 4.98 Å². The van der Waals surface area contributed by atoms with Crippen LogP contribution in [0.15, 0.2) is 132 Å². The normalized spacial score (nSPS) is 18.0. The second-order valence-corrected chi connectivity index (χ2v) is 28.1. The number of piperidine rings is 4. The second kappa shape index (κ2) is 32.4. The summed E-state index contributed by atoms with van der Waals surface area (Å²) in [6.45, 7) is 11.7. The van der Waals surface area contributed by atoms with Crippen molar-refractivity contribution < 1.29 is 27.7 Å². The molecule has 0 bridgehead atoms. The Kier molecular flexibility index (Phi) is 23.8. The summed E-state index contributed by atoms with van der Waals surface area (Å²) in [7, 11) is 4.60. The summed E-state index contributed by atoms with van der Waals surface area (Å²) in [6, 6.07) is 38.3. The highest BCUT2D eigenvalue weighted by Crippen LogP contribution is 2.44. The average Bonchev–Trinajstić information content (AvgIpc) is 2.48. The molecule has 5 aliphatic rings. The van der Waals surface area contributed by atoms with Gasteiger partial charge in [-0.2, -0.15) is 0 Å². The molecule has 0 spiro atoms. The molecule has 6 aromatic carbocycles. The van der Waals surface area contributed by atoms with Crippen LogP contribution in [0.5, 0.6) is 0 Å². The van der Waals surface area contributed by atoms with E-state index in [4.69, 9.17) is 77.4 Å². The molecule has 5 fully saturated rings. The number of nitrogens with zero attached hydrogens (tertiary/aromatic N) is 7. The number of hydrogen-bond acceptors (Lipinski definition) is 17. The molecule has 91 heavy (non-hydrogen) atoms. The number of nitrogens with one attached hydrogen (secondary N) is 2. The maximum atomic E-state index is 6.55. The summed E-state index contributed by atoms with van der Waals surface area (Å²) in [5.41, 5.74) is 8.71. The number of rotatable bonds is 13. The quantitative estimate of drug-likeness (QED) is 0.0283. The van der Waals surface area contributed by atoms with Gasteiger partial charge in [0.2, 0.25) is 5.36 Å². The first-order valence-corrected chi connectivity index (χ1v) is 35.4. The number of halogens is 4. The zero-order valence-corrected chi connectivity index (χ0v) is 57.7. The number of pyridine rings is 3. The predicted octanol–water partition coefficient (Wildman–Crippen LogP) is 16.3. The third-order valence-corrected chi connectivity index (χ3v) is 21.9. The van der Waals surface area contributed by atoms with E-state index >= 15 is 0 Å². The molecule has 5 saturated heterocycles. The topological polar surface area (TPSA) is 131 Å². The number of aromatic nitrogens is 3. The number of piperazine rings is 1. The maximum absolute atomic E-state index is 6.55. The minimum Gasteiger partial charge on any atom is -0.317 e. The van der Waals surface area contributed by atoms with Gasteiger partial charge in [0.25, 0.3) is 0 Å². The highest BCUT2D eigenvalue weighted by Gasteiger charge is 2.33. The van der Waals surface area contributed by atoms with E-state index in [9.17, 15) is 0 Å². The number of fused-ring (bicyclic) bond motifs is 6. The maximum Gasteiger partial charge on any atom is 0.210 e. The summed E-state index contributed by atoms with van der Waals surface area (Å²) in [4.78, 5) is 28.9. The molecular weight excluding hydrogens is 1330 g/mol. The molecule has 0 aliphatic carbocycles. The van der Waals surface area contributed by atoms with Crippen LogP contribution in [-0.2, 0) is 27.7 Å². The van der Waals surface area contributed by atoms with E-state index in [1.54, 1.807) is 7.11 Å². The Morgan fingerprint density at radius 3 is 1.60 bits per heavy atom. The van der Waals surface area contributed by atoms with Gasteiger partial charge in [-0.05, 0) is 158 Å². The molecule has 476 valence electrons. The first-order chi connectivity index (χ1) is 44.7. The summed E-state index contributed by atoms with van der Waals surface area (Å²) in [6.07, 6.45) is 14.3. The van der Waals surface area contributed by atoms with Crippen LogP contribution >= 0.6 is 87.4 Å². The predicted molar refractivity (Wildman–Crippen MR) is 380 cm³/mol. The van der Waals surface area contributed by atoms with Crippen LogP contribution < -0.4 is 20.6 Å². The highest BCUT2D eigenvalue weighted by atomic mass is 79.9.